The predicted molar refractivity (Wildman–Crippen MR) is 79.6 cm³/mol. The zero-order valence-corrected chi connectivity index (χ0v) is 12.2. The topological polar surface area (TPSA) is 46.3 Å². The van der Waals surface area contributed by atoms with Crippen molar-refractivity contribution in [3.8, 4) is 0 Å². The van der Waals surface area contributed by atoms with Crippen LogP contribution in [0, 0.1) is 17.7 Å². The zero-order valence-electron chi connectivity index (χ0n) is 11.3. The molecule has 0 unspecified atom stereocenters. The zero-order chi connectivity index (χ0) is 13.4. The molecule has 2 aliphatic rings. The summed E-state index contributed by atoms with van der Waals surface area (Å²) in [6.07, 6.45) is 3.85. The van der Waals surface area contributed by atoms with Gasteiger partial charge in [-0.2, -0.15) is 0 Å². The van der Waals surface area contributed by atoms with E-state index in [0.29, 0.717) is 19.0 Å². The number of fused-ring (bicyclic) bond motifs is 1. The Kier molecular flexibility index (Phi) is 4.66. The highest BCUT2D eigenvalue weighted by atomic mass is 35.5. The first-order chi connectivity index (χ1) is 9.20. The highest BCUT2D eigenvalue weighted by molar-refractivity contribution is 5.97. The van der Waals surface area contributed by atoms with Gasteiger partial charge in [-0.25, -0.2) is 4.39 Å². The molecule has 0 spiro atoms. The van der Waals surface area contributed by atoms with Crippen molar-refractivity contribution in [1.82, 2.24) is 0 Å². The number of carbonyl (C=O) groups excluding carboxylic acids is 1. The maximum Gasteiger partial charge on any atom is 0.230 e. The Morgan fingerprint density at radius 3 is 2.95 bits per heavy atom. The maximum atomic E-state index is 13.4. The first kappa shape index (κ1) is 15.3. The summed E-state index contributed by atoms with van der Waals surface area (Å²) in [6.45, 7) is 1.24. The molecule has 110 valence electrons. The molecule has 1 aromatic rings. The van der Waals surface area contributed by atoms with Crippen LogP contribution in [-0.2, 0) is 11.2 Å². The van der Waals surface area contributed by atoms with Gasteiger partial charge in [-0.15, -0.1) is 12.4 Å². The Labute approximate surface area is 124 Å². The Bertz CT molecular complexity index is 509. The summed E-state index contributed by atoms with van der Waals surface area (Å²) < 4.78 is 13.4. The molecule has 20 heavy (non-hydrogen) atoms. The predicted octanol–water partition coefficient (Wildman–Crippen LogP) is 2.51. The third-order valence-corrected chi connectivity index (χ3v) is 4.49. The Balaban J connectivity index is 0.00000147. The van der Waals surface area contributed by atoms with Crippen LogP contribution in [0.2, 0.25) is 0 Å². The van der Waals surface area contributed by atoms with Crippen molar-refractivity contribution in [3.05, 3.63) is 29.6 Å². The molecule has 2 atom stereocenters. The average molecular weight is 299 g/mol. The van der Waals surface area contributed by atoms with Crippen molar-refractivity contribution in [2.75, 3.05) is 18.0 Å². The van der Waals surface area contributed by atoms with Crippen LogP contribution >= 0.6 is 12.4 Å². The first-order valence-corrected chi connectivity index (χ1v) is 7.00. The SMILES string of the molecule is Cl.NC[C@H]1CCC[C@H]1C(=O)N1CCc2ccc(F)cc21. The number of anilines is 1. The van der Waals surface area contributed by atoms with Crippen LogP contribution < -0.4 is 10.6 Å². The third kappa shape index (κ3) is 2.54. The molecule has 0 bridgehead atoms. The van der Waals surface area contributed by atoms with E-state index in [0.717, 1.165) is 36.9 Å². The second kappa shape index (κ2) is 6.10. The lowest BCUT2D eigenvalue weighted by atomic mass is 9.94. The molecule has 0 aromatic heterocycles. The van der Waals surface area contributed by atoms with Crippen LogP contribution in [0.5, 0.6) is 0 Å². The van der Waals surface area contributed by atoms with Gasteiger partial charge in [-0.1, -0.05) is 12.5 Å². The number of nitrogens with two attached hydrogens (primary N) is 1. The minimum Gasteiger partial charge on any atom is -0.330 e. The van der Waals surface area contributed by atoms with Gasteiger partial charge in [0, 0.05) is 18.2 Å². The third-order valence-electron chi connectivity index (χ3n) is 4.49. The number of carbonyl (C=O) groups is 1. The number of hydrogen-bond acceptors (Lipinski definition) is 2. The van der Waals surface area contributed by atoms with Gasteiger partial charge >= 0.3 is 0 Å². The number of amides is 1. The van der Waals surface area contributed by atoms with Gasteiger partial charge in [0.15, 0.2) is 0 Å². The van der Waals surface area contributed by atoms with Crippen molar-refractivity contribution in [1.29, 1.82) is 0 Å². The highest BCUT2D eigenvalue weighted by Gasteiger charge is 2.37. The van der Waals surface area contributed by atoms with Gasteiger partial charge in [0.2, 0.25) is 5.91 Å². The van der Waals surface area contributed by atoms with Crippen molar-refractivity contribution in [2.45, 2.75) is 25.7 Å². The number of nitrogens with zero attached hydrogens (tertiary/aromatic N) is 1. The molecule has 1 aromatic carbocycles. The second-order valence-electron chi connectivity index (χ2n) is 5.55. The molecule has 1 saturated carbocycles. The van der Waals surface area contributed by atoms with E-state index in [9.17, 15) is 9.18 Å². The molecule has 2 N–H and O–H groups in total. The van der Waals surface area contributed by atoms with Crippen LogP contribution in [0.25, 0.3) is 0 Å². The van der Waals surface area contributed by atoms with Gasteiger partial charge in [0.25, 0.3) is 0 Å². The summed E-state index contributed by atoms with van der Waals surface area (Å²) in [5.41, 5.74) is 7.57. The molecule has 1 aliphatic heterocycles. The fraction of sp³-hybridized carbons (Fsp3) is 0.533. The molecule has 1 amide bonds. The number of benzene rings is 1. The first-order valence-electron chi connectivity index (χ1n) is 7.00. The van der Waals surface area contributed by atoms with Crippen molar-refractivity contribution < 1.29 is 9.18 Å². The van der Waals surface area contributed by atoms with Crippen LogP contribution in [0.3, 0.4) is 0 Å². The van der Waals surface area contributed by atoms with Crippen LogP contribution in [0.15, 0.2) is 18.2 Å². The molecule has 0 radical (unpaired) electrons. The van der Waals surface area contributed by atoms with Crippen molar-refractivity contribution >= 4 is 24.0 Å². The summed E-state index contributed by atoms with van der Waals surface area (Å²) in [6, 6.07) is 4.73. The minimum atomic E-state index is -0.278. The fourth-order valence-corrected chi connectivity index (χ4v) is 3.43. The van der Waals surface area contributed by atoms with E-state index in [1.807, 2.05) is 0 Å². The second-order valence-corrected chi connectivity index (χ2v) is 5.55. The molecule has 1 aliphatic carbocycles. The highest BCUT2D eigenvalue weighted by Crippen LogP contribution is 2.36. The maximum absolute atomic E-state index is 13.4. The molecule has 1 fully saturated rings. The van der Waals surface area contributed by atoms with E-state index in [1.54, 1.807) is 11.0 Å². The lowest BCUT2D eigenvalue weighted by Crippen LogP contribution is -2.38. The van der Waals surface area contributed by atoms with Crippen molar-refractivity contribution in [3.63, 3.8) is 0 Å². The van der Waals surface area contributed by atoms with E-state index < -0.39 is 0 Å². The van der Waals surface area contributed by atoms with E-state index in [-0.39, 0.29) is 30.0 Å². The lowest BCUT2D eigenvalue weighted by Gasteiger charge is -2.24. The number of halogens is 2. The van der Waals surface area contributed by atoms with E-state index in [2.05, 4.69) is 0 Å². The lowest BCUT2D eigenvalue weighted by molar-refractivity contribution is -0.123. The minimum absolute atomic E-state index is 0. The average Bonchev–Trinajstić information content (AvgIpc) is 3.03. The van der Waals surface area contributed by atoms with E-state index >= 15 is 0 Å². The monoisotopic (exact) mass is 298 g/mol. The van der Waals surface area contributed by atoms with Crippen LogP contribution in [0.1, 0.15) is 24.8 Å². The van der Waals surface area contributed by atoms with Gasteiger partial charge in [-0.3, -0.25) is 4.79 Å². The summed E-state index contributed by atoms with van der Waals surface area (Å²) in [4.78, 5) is 14.4. The molecule has 5 heteroatoms. The standard InChI is InChI=1S/C15H19FN2O.ClH/c16-12-5-4-10-6-7-18(14(10)8-12)15(19)13-3-1-2-11(13)9-17;/h4-5,8,11,13H,1-3,6-7,9,17H2;1H/t11-,13-;/m1./s1. The summed E-state index contributed by atoms with van der Waals surface area (Å²) in [5.74, 6) is 0.182. The molecule has 1 heterocycles. The number of hydrogen-bond donors (Lipinski definition) is 1. The Hall–Kier alpha value is -1.13. The normalized spacial score (nSPS) is 24.4. The van der Waals surface area contributed by atoms with Gasteiger partial charge < -0.3 is 10.6 Å². The molecule has 3 rings (SSSR count). The van der Waals surface area contributed by atoms with Gasteiger partial charge in [-0.05, 0) is 49.4 Å². The van der Waals surface area contributed by atoms with Gasteiger partial charge in [0.1, 0.15) is 5.82 Å². The number of rotatable bonds is 2. The largest absolute Gasteiger partial charge is 0.330 e. The molecule has 3 nitrogen and oxygen atoms in total. The molecular weight excluding hydrogens is 279 g/mol. The fourth-order valence-electron chi connectivity index (χ4n) is 3.43. The quantitative estimate of drug-likeness (QED) is 0.912. The van der Waals surface area contributed by atoms with Crippen molar-refractivity contribution in [2.24, 2.45) is 17.6 Å². The Morgan fingerprint density at radius 2 is 2.20 bits per heavy atom. The van der Waals surface area contributed by atoms with Crippen LogP contribution in [0.4, 0.5) is 10.1 Å². The van der Waals surface area contributed by atoms with E-state index in [4.69, 9.17) is 5.73 Å². The Morgan fingerprint density at radius 1 is 1.40 bits per heavy atom. The summed E-state index contributed by atoms with van der Waals surface area (Å²) >= 11 is 0. The summed E-state index contributed by atoms with van der Waals surface area (Å²) in [5, 5.41) is 0. The summed E-state index contributed by atoms with van der Waals surface area (Å²) in [7, 11) is 0. The smallest absolute Gasteiger partial charge is 0.230 e. The van der Waals surface area contributed by atoms with E-state index in [1.165, 1.54) is 12.1 Å². The molecular formula is C15H20ClFN2O. The molecule has 0 saturated heterocycles. The van der Waals surface area contributed by atoms with Crippen LogP contribution in [-0.4, -0.2) is 19.0 Å². The van der Waals surface area contributed by atoms with Gasteiger partial charge in [0.05, 0.1) is 0 Å².